The molecule has 12 heteroatoms. The second-order valence-corrected chi connectivity index (χ2v) is 7.56. The van der Waals surface area contributed by atoms with E-state index in [1.54, 1.807) is 46.5 Å². The van der Waals surface area contributed by atoms with Gasteiger partial charge in [-0.25, -0.2) is 19.5 Å². The molecule has 0 spiro atoms. The maximum Gasteiger partial charge on any atom is 0.312 e. The van der Waals surface area contributed by atoms with Crippen molar-refractivity contribution in [2.24, 2.45) is 0 Å². The number of halogens is 1. The van der Waals surface area contributed by atoms with E-state index in [4.69, 9.17) is 16.0 Å². The average molecular weight is 448 g/mol. The summed E-state index contributed by atoms with van der Waals surface area (Å²) in [6.45, 7) is 0.417. The van der Waals surface area contributed by atoms with Crippen LogP contribution in [0.25, 0.3) is 17.2 Å². The number of H-pyrrole nitrogens is 1. The summed E-state index contributed by atoms with van der Waals surface area (Å²) in [5, 5.41) is 13.1. The number of hydrogen-bond acceptors (Lipinski definition) is 8. The fraction of sp³-hybridized carbons (Fsp3) is 0.150. The Balaban J connectivity index is 1.41. The molecule has 0 saturated heterocycles. The largest absolute Gasteiger partial charge is 0.409 e. The van der Waals surface area contributed by atoms with Crippen molar-refractivity contribution in [1.29, 1.82) is 0 Å². The van der Waals surface area contributed by atoms with Crippen LogP contribution < -0.4 is 0 Å². The number of carbonyl (C=O) groups excluding carboxylic acids is 1. The van der Waals surface area contributed by atoms with E-state index < -0.39 is 11.9 Å². The van der Waals surface area contributed by atoms with E-state index in [1.807, 2.05) is 12.1 Å². The standard InChI is InChI=1S/C20H14ClN9O2/c21-11-3-1-7-30-14(11)9-13(28-30)16-15-12(24-10-25-15)4-8-29(16)20(31)19-27-26-18(32-19)17-22-5-2-6-23-17/h1-3,5-7,9-10,16H,4,8H2,(H,24,25)/t16-/m1/s1. The summed E-state index contributed by atoms with van der Waals surface area (Å²) in [6, 6.07) is 6.58. The van der Waals surface area contributed by atoms with Crippen LogP contribution in [0, 0.1) is 0 Å². The van der Waals surface area contributed by atoms with Crippen LogP contribution in [0.5, 0.6) is 0 Å². The van der Waals surface area contributed by atoms with E-state index in [2.05, 4.69) is 35.2 Å². The number of hydrogen-bond donors (Lipinski definition) is 1. The smallest absolute Gasteiger partial charge is 0.312 e. The molecule has 0 aromatic carbocycles. The highest BCUT2D eigenvalue weighted by Gasteiger charge is 2.38. The topological polar surface area (TPSA) is 131 Å². The molecule has 11 nitrogen and oxygen atoms in total. The van der Waals surface area contributed by atoms with Crippen LogP contribution >= 0.6 is 11.6 Å². The molecule has 0 radical (unpaired) electrons. The first kappa shape index (κ1) is 18.6. The van der Waals surface area contributed by atoms with Gasteiger partial charge in [-0.15, -0.1) is 10.2 Å². The lowest BCUT2D eigenvalue weighted by molar-refractivity contribution is 0.0646. The number of pyridine rings is 1. The summed E-state index contributed by atoms with van der Waals surface area (Å²) in [5.74, 6) is -0.263. The zero-order valence-electron chi connectivity index (χ0n) is 16.4. The van der Waals surface area contributed by atoms with E-state index in [0.29, 0.717) is 23.7 Å². The summed E-state index contributed by atoms with van der Waals surface area (Å²) in [5.41, 5.74) is 3.03. The summed E-state index contributed by atoms with van der Waals surface area (Å²) in [7, 11) is 0. The van der Waals surface area contributed by atoms with E-state index in [0.717, 1.165) is 16.9 Å². The molecule has 32 heavy (non-hydrogen) atoms. The van der Waals surface area contributed by atoms with Crippen molar-refractivity contribution >= 4 is 23.0 Å². The van der Waals surface area contributed by atoms with Crippen molar-refractivity contribution in [1.82, 2.24) is 44.6 Å². The molecular weight excluding hydrogens is 434 g/mol. The highest BCUT2D eigenvalue weighted by atomic mass is 35.5. The van der Waals surface area contributed by atoms with Gasteiger partial charge in [0.1, 0.15) is 6.04 Å². The van der Waals surface area contributed by atoms with Gasteiger partial charge in [-0.3, -0.25) is 4.79 Å². The monoisotopic (exact) mass is 447 g/mol. The Kier molecular flexibility index (Phi) is 4.21. The minimum atomic E-state index is -0.545. The molecule has 0 unspecified atom stereocenters. The first-order valence-electron chi connectivity index (χ1n) is 9.77. The molecule has 158 valence electrons. The molecule has 0 bridgehead atoms. The Morgan fingerprint density at radius 3 is 2.91 bits per heavy atom. The summed E-state index contributed by atoms with van der Waals surface area (Å²) >= 11 is 6.34. The number of aromatic nitrogens is 8. The molecule has 6 rings (SSSR count). The summed E-state index contributed by atoms with van der Waals surface area (Å²) in [4.78, 5) is 30.8. The second kappa shape index (κ2) is 7.24. The lowest BCUT2D eigenvalue weighted by Gasteiger charge is -2.32. The van der Waals surface area contributed by atoms with Gasteiger partial charge in [0.05, 0.1) is 28.3 Å². The number of fused-ring (bicyclic) bond motifs is 2. The Bertz CT molecular complexity index is 1440. The van der Waals surface area contributed by atoms with Crippen molar-refractivity contribution < 1.29 is 9.21 Å². The number of nitrogens with zero attached hydrogens (tertiary/aromatic N) is 8. The van der Waals surface area contributed by atoms with Crippen LogP contribution in [0.1, 0.15) is 33.8 Å². The molecule has 6 heterocycles. The Hall–Kier alpha value is -4.12. The molecule has 1 atom stereocenters. The fourth-order valence-electron chi connectivity index (χ4n) is 3.86. The van der Waals surface area contributed by atoms with Crippen LogP contribution in [0.4, 0.5) is 0 Å². The Morgan fingerprint density at radius 1 is 1.19 bits per heavy atom. The first-order valence-corrected chi connectivity index (χ1v) is 10.1. The molecule has 1 N–H and O–H groups in total. The van der Waals surface area contributed by atoms with Gasteiger partial charge in [0.25, 0.3) is 5.89 Å². The van der Waals surface area contributed by atoms with Crippen LogP contribution in [-0.2, 0) is 6.42 Å². The molecule has 0 fully saturated rings. The zero-order chi connectivity index (χ0) is 21.7. The maximum absolute atomic E-state index is 13.4. The minimum Gasteiger partial charge on any atom is -0.409 e. The van der Waals surface area contributed by atoms with E-state index >= 15 is 0 Å². The van der Waals surface area contributed by atoms with Gasteiger partial charge < -0.3 is 14.3 Å². The predicted molar refractivity (Wildman–Crippen MR) is 111 cm³/mol. The Labute approximate surface area is 185 Å². The number of aromatic amines is 1. The highest BCUT2D eigenvalue weighted by molar-refractivity contribution is 6.33. The second-order valence-electron chi connectivity index (χ2n) is 7.16. The maximum atomic E-state index is 13.4. The van der Waals surface area contributed by atoms with Crippen molar-refractivity contribution in [2.45, 2.75) is 12.5 Å². The molecule has 0 saturated carbocycles. The lowest BCUT2D eigenvalue weighted by atomic mass is 9.99. The molecule has 1 aliphatic rings. The quantitative estimate of drug-likeness (QED) is 0.446. The van der Waals surface area contributed by atoms with Gasteiger partial charge in [0, 0.05) is 37.3 Å². The molecule has 0 aliphatic carbocycles. The number of nitrogens with one attached hydrogen (secondary N) is 1. The highest BCUT2D eigenvalue weighted by Crippen LogP contribution is 2.35. The number of rotatable bonds is 3. The predicted octanol–water partition coefficient (Wildman–Crippen LogP) is 2.34. The first-order chi connectivity index (χ1) is 15.7. The average Bonchev–Trinajstić information content (AvgIpc) is 3.58. The number of amides is 1. The number of imidazole rings is 1. The Morgan fingerprint density at radius 2 is 2.06 bits per heavy atom. The van der Waals surface area contributed by atoms with Gasteiger partial charge >= 0.3 is 11.8 Å². The van der Waals surface area contributed by atoms with Crippen molar-refractivity contribution in [3.63, 3.8) is 0 Å². The van der Waals surface area contributed by atoms with Gasteiger partial charge in [0.2, 0.25) is 5.82 Å². The number of carbonyl (C=O) groups is 1. The van der Waals surface area contributed by atoms with Gasteiger partial charge in [-0.2, -0.15) is 5.10 Å². The third kappa shape index (κ3) is 2.94. The normalized spacial score (nSPS) is 15.8. The van der Waals surface area contributed by atoms with E-state index in [9.17, 15) is 4.79 Å². The molecular formula is C20H14ClN9O2. The third-order valence-electron chi connectivity index (χ3n) is 5.30. The molecule has 5 aromatic heterocycles. The van der Waals surface area contributed by atoms with Crippen LogP contribution in [0.2, 0.25) is 5.02 Å². The van der Waals surface area contributed by atoms with Crippen molar-refractivity contribution in [2.75, 3.05) is 6.54 Å². The van der Waals surface area contributed by atoms with E-state index in [-0.39, 0.29) is 17.6 Å². The molecule has 1 aliphatic heterocycles. The SMILES string of the molecule is O=C(c1nnc(-c2ncccn2)o1)N1CCc2[nH]cnc2[C@H]1c1cc2c(Cl)cccn2n1. The van der Waals surface area contributed by atoms with Crippen molar-refractivity contribution in [3.8, 4) is 11.7 Å². The van der Waals surface area contributed by atoms with E-state index in [1.165, 1.54) is 0 Å². The van der Waals surface area contributed by atoms with Crippen LogP contribution in [0.3, 0.4) is 0 Å². The molecule has 1 amide bonds. The molecule has 5 aromatic rings. The summed E-state index contributed by atoms with van der Waals surface area (Å²) in [6.07, 6.45) is 7.14. The lowest BCUT2D eigenvalue weighted by Crippen LogP contribution is -2.41. The van der Waals surface area contributed by atoms with Crippen LogP contribution in [-0.4, -0.2) is 57.1 Å². The zero-order valence-corrected chi connectivity index (χ0v) is 17.1. The minimum absolute atomic E-state index is 0.0717. The summed E-state index contributed by atoms with van der Waals surface area (Å²) < 4.78 is 7.28. The van der Waals surface area contributed by atoms with Crippen LogP contribution in [0.15, 0.2) is 53.6 Å². The van der Waals surface area contributed by atoms with Crippen molar-refractivity contribution in [3.05, 3.63) is 77.2 Å². The fourth-order valence-corrected chi connectivity index (χ4v) is 4.07. The van der Waals surface area contributed by atoms with Gasteiger partial charge in [0.15, 0.2) is 0 Å². The van der Waals surface area contributed by atoms with Gasteiger partial charge in [-0.1, -0.05) is 11.6 Å². The van der Waals surface area contributed by atoms with Gasteiger partial charge in [-0.05, 0) is 24.3 Å². The third-order valence-corrected chi connectivity index (χ3v) is 5.62.